The Kier molecular flexibility index (Phi) is 16.2. The van der Waals surface area contributed by atoms with Crippen molar-refractivity contribution in [2.75, 3.05) is 27.3 Å². The third-order valence-corrected chi connectivity index (χ3v) is 11.8. The highest BCUT2D eigenvalue weighted by Crippen LogP contribution is 2.38. The normalized spacial score (nSPS) is 39.1. The number of fused-ring (bicyclic) bond motifs is 3. The molecule has 3 heterocycles. The molecule has 298 valence electrons. The lowest BCUT2D eigenvalue weighted by atomic mass is 9.82. The van der Waals surface area contributed by atoms with Crippen molar-refractivity contribution >= 4 is 17.5 Å². The Morgan fingerprint density at radius 3 is 2.45 bits per heavy atom. The smallest absolute Gasteiger partial charge is 0.324 e. The van der Waals surface area contributed by atoms with Crippen LogP contribution in [0.15, 0.2) is 47.6 Å². The molecule has 0 saturated carbocycles. The summed E-state index contributed by atoms with van der Waals surface area (Å²) in [6.07, 6.45) is 11.5. The van der Waals surface area contributed by atoms with Crippen LogP contribution in [0, 0.1) is 17.8 Å². The Hall–Kier alpha value is -2.51. The second kappa shape index (κ2) is 19.9. The first kappa shape index (κ1) is 43.2. The van der Waals surface area contributed by atoms with Crippen molar-refractivity contribution in [1.82, 2.24) is 4.90 Å². The number of rotatable bonds is 6. The molecule has 2 bridgehead atoms. The van der Waals surface area contributed by atoms with Gasteiger partial charge in [-0.15, -0.1) is 6.58 Å². The SMILES string of the molecule is C=CC/C1=C\C(C)CC(C)CC(OC)C2OC(O)(C(=O)CN3CCCCC3C(=O)OC(C(C)=CC3=CCCCC3)C(N)C(O)CC1=O)C(C)CC2OC. The molecule has 0 amide bonds. The number of nitrogens with two attached hydrogens (primary N) is 1. The van der Waals surface area contributed by atoms with E-state index in [-0.39, 0.29) is 30.6 Å². The van der Waals surface area contributed by atoms with Crippen molar-refractivity contribution in [3.63, 3.8) is 0 Å². The van der Waals surface area contributed by atoms with Gasteiger partial charge in [-0.05, 0) is 101 Å². The molecule has 11 nitrogen and oxygen atoms in total. The predicted octanol–water partition coefficient (Wildman–Crippen LogP) is 5.13. The van der Waals surface area contributed by atoms with Gasteiger partial charge in [-0.3, -0.25) is 19.3 Å². The lowest BCUT2D eigenvalue weighted by Gasteiger charge is -2.47. The number of hydrogen-bond donors (Lipinski definition) is 3. The maximum absolute atomic E-state index is 14.2. The molecule has 3 aliphatic heterocycles. The van der Waals surface area contributed by atoms with Crippen LogP contribution in [-0.4, -0.2) is 108 Å². The number of nitrogens with zero attached hydrogens (tertiary/aromatic N) is 1. The fourth-order valence-electron chi connectivity index (χ4n) is 8.71. The van der Waals surface area contributed by atoms with Gasteiger partial charge in [-0.2, -0.15) is 0 Å². The zero-order chi connectivity index (χ0) is 38.9. The van der Waals surface area contributed by atoms with Gasteiger partial charge in [-0.1, -0.05) is 57.1 Å². The number of carbonyl (C=O) groups excluding carboxylic acids is 3. The van der Waals surface area contributed by atoms with Crippen LogP contribution >= 0.6 is 0 Å². The van der Waals surface area contributed by atoms with E-state index < -0.39 is 66.1 Å². The monoisotopic (exact) mass is 742 g/mol. The van der Waals surface area contributed by atoms with Gasteiger partial charge in [0.25, 0.3) is 0 Å². The molecule has 4 N–H and O–H groups in total. The standard InChI is InChI=1S/C42H66N2O9/c1-8-14-31-20-26(2)19-27(3)21-35(50-6)40-36(51-7)23-29(5)42(49,53-40)37(47)25-44-18-13-12-17-32(44)41(48)52-39(38(43)34(46)24-33(31)45)28(4)22-30-15-10-9-11-16-30/h8,15,20,22,26-27,29,32,34-36,38-40,46,49H,1,9-14,16-19,21,23-25,43H2,2-7H3/b28-22?,31-20+. The average Bonchev–Trinajstić information content (AvgIpc) is 3.13. The van der Waals surface area contributed by atoms with Gasteiger partial charge in [0.05, 0.1) is 30.9 Å². The number of methoxy groups -OCH3 is 2. The Morgan fingerprint density at radius 2 is 1.79 bits per heavy atom. The van der Waals surface area contributed by atoms with Crippen molar-refractivity contribution < 1.29 is 43.5 Å². The van der Waals surface area contributed by atoms with Gasteiger partial charge in [-0.25, -0.2) is 0 Å². The number of cyclic esters (lactones) is 1. The molecule has 0 aromatic carbocycles. The largest absolute Gasteiger partial charge is 0.455 e. The molecule has 0 aromatic rings. The number of hydrogen-bond acceptors (Lipinski definition) is 11. The molecular weight excluding hydrogens is 676 g/mol. The molecule has 0 aromatic heterocycles. The molecule has 0 spiro atoms. The van der Waals surface area contributed by atoms with Gasteiger partial charge in [0.2, 0.25) is 11.6 Å². The number of allylic oxidation sites excluding steroid dienone is 6. The molecule has 53 heavy (non-hydrogen) atoms. The Morgan fingerprint density at radius 1 is 1.08 bits per heavy atom. The van der Waals surface area contributed by atoms with Crippen molar-refractivity contribution in [3.05, 3.63) is 47.6 Å². The molecular formula is C42H66N2O9. The first-order valence-corrected chi connectivity index (χ1v) is 19.8. The summed E-state index contributed by atoms with van der Waals surface area (Å²) in [6.45, 7) is 11.8. The lowest BCUT2D eigenvalue weighted by molar-refractivity contribution is -0.304. The van der Waals surface area contributed by atoms with Gasteiger partial charge in [0, 0.05) is 26.6 Å². The summed E-state index contributed by atoms with van der Waals surface area (Å²) in [7, 11) is 3.19. The Labute approximate surface area is 317 Å². The minimum atomic E-state index is -2.12. The van der Waals surface area contributed by atoms with E-state index in [0.29, 0.717) is 49.8 Å². The molecule has 1 aliphatic carbocycles. The first-order chi connectivity index (χ1) is 25.2. The maximum Gasteiger partial charge on any atom is 0.324 e. The average molecular weight is 743 g/mol. The number of aliphatic hydroxyl groups excluding tert-OH is 1. The summed E-state index contributed by atoms with van der Waals surface area (Å²) in [5.41, 5.74) is 9.07. The van der Waals surface area contributed by atoms with Gasteiger partial charge in [0.1, 0.15) is 18.2 Å². The zero-order valence-corrected chi connectivity index (χ0v) is 33.0. The van der Waals surface area contributed by atoms with Crippen molar-refractivity contribution in [3.8, 4) is 0 Å². The fourth-order valence-corrected chi connectivity index (χ4v) is 8.71. The fraction of sp³-hybridized carbons (Fsp3) is 0.738. The predicted molar refractivity (Wildman–Crippen MR) is 204 cm³/mol. The number of esters is 1. The van der Waals surface area contributed by atoms with Crippen LogP contribution in [0.3, 0.4) is 0 Å². The molecule has 11 atom stereocenters. The summed E-state index contributed by atoms with van der Waals surface area (Å²) < 4.78 is 24.4. The molecule has 4 aliphatic rings. The number of Topliss-reactive ketones (excluding diaryl/α,β-unsaturated/α-hetero) is 2. The number of ketones is 2. The topological polar surface area (TPSA) is 158 Å². The van der Waals surface area contributed by atoms with E-state index in [4.69, 9.17) is 24.7 Å². The summed E-state index contributed by atoms with van der Waals surface area (Å²) in [6, 6.07) is -1.87. The van der Waals surface area contributed by atoms with Crippen LogP contribution in [0.5, 0.6) is 0 Å². The molecule has 4 rings (SSSR count). The van der Waals surface area contributed by atoms with Crippen LogP contribution in [0.1, 0.15) is 105 Å². The van der Waals surface area contributed by atoms with Crippen LogP contribution < -0.4 is 5.73 Å². The quantitative estimate of drug-likeness (QED) is 0.245. The van der Waals surface area contributed by atoms with E-state index in [2.05, 4.69) is 19.6 Å². The second-order valence-electron chi connectivity index (χ2n) is 16.2. The number of ether oxygens (including phenoxy) is 4. The van der Waals surface area contributed by atoms with E-state index in [1.165, 1.54) is 0 Å². The Balaban J connectivity index is 1.75. The first-order valence-electron chi connectivity index (χ1n) is 19.8. The second-order valence-corrected chi connectivity index (χ2v) is 16.2. The minimum absolute atomic E-state index is 0.00889. The van der Waals surface area contributed by atoms with E-state index in [1.807, 2.05) is 26.0 Å². The van der Waals surface area contributed by atoms with Crippen LogP contribution in [-0.2, 0) is 33.3 Å². The zero-order valence-electron chi connectivity index (χ0n) is 33.0. The number of piperidine rings is 1. The number of carbonyl (C=O) groups is 3. The highest BCUT2D eigenvalue weighted by Gasteiger charge is 2.53. The van der Waals surface area contributed by atoms with Crippen molar-refractivity contribution in [2.45, 2.75) is 153 Å². The summed E-state index contributed by atoms with van der Waals surface area (Å²) in [5, 5.41) is 23.5. The van der Waals surface area contributed by atoms with Crippen LogP contribution in [0.25, 0.3) is 0 Å². The summed E-state index contributed by atoms with van der Waals surface area (Å²) in [4.78, 5) is 43.8. The van der Waals surface area contributed by atoms with E-state index in [9.17, 15) is 24.6 Å². The summed E-state index contributed by atoms with van der Waals surface area (Å²) in [5.74, 6) is -3.94. The maximum atomic E-state index is 14.2. The van der Waals surface area contributed by atoms with Gasteiger partial charge < -0.3 is 34.9 Å². The number of aliphatic hydroxyl groups is 2. The highest BCUT2D eigenvalue weighted by molar-refractivity contribution is 5.96. The summed E-state index contributed by atoms with van der Waals surface area (Å²) >= 11 is 0. The Bertz CT molecular complexity index is 1380. The molecule has 11 heteroatoms. The van der Waals surface area contributed by atoms with Gasteiger partial charge >= 0.3 is 5.97 Å². The third kappa shape index (κ3) is 11.1. The van der Waals surface area contributed by atoms with E-state index in [1.54, 1.807) is 32.1 Å². The molecule has 0 radical (unpaired) electrons. The molecule has 2 saturated heterocycles. The lowest BCUT2D eigenvalue weighted by Crippen LogP contribution is -2.63. The molecule has 2 fully saturated rings. The van der Waals surface area contributed by atoms with Crippen LogP contribution in [0.4, 0.5) is 0 Å². The highest BCUT2D eigenvalue weighted by atomic mass is 16.7. The molecule has 11 unspecified atom stereocenters. The van der Waals surface area contributed by atoms with Crippen molar-refractivity contribution in [1.29, 1.82) is 0 Å². The van der Waals surface area contributed by atoms with E-state index >= 15 is 0 Å². The minimum Gasteiger partial charge on any atom is -0.455 e. The van der Waals surface area contributed by atoms with Crippen molar-refractivity contribution in [2.24, 2.45) is 23.5 Å². The van der Waals surface area contributed by atoms with E-state index in [0.717, 1.165) is 44.1 Å². The third-order valence-electron chi connectivity index (χ3n) is 11.8. The van der Waals surface area contributed by atoms with Gasteiger partial charge in [0.15, 0.2) is 5.78 Å². The van der Waals surface area contributed by atoms with Crippen LogP contribution in [0.2, 0.25) is 0 Å².